The van der Waals surface area contributed by atoms with E-state index in [0.29, 0.717) is 12.0 Å². The number of aliphatic hydroxyl groups is 1. The predicted octanol–water partition coefficient (Wildman–Crippen LogP) is -0.473. The zero-order valence-electron chi connectivity index (χ0n) is 17.2. The van der Waals surface area contributed by atoms with E-state index in [2.05, 4.69) is 10.0 Å². The first-order valence-electron chi connectivity index (χ1n) is 9.92. The Bertz CT molecular complexity index is 1090. The number of hydrogen-bond acceptors (Lipinski definition) is 6. The van der Waals surface area contributed by atoms with Gasteiger partial charge in [0, 0.05) is 18.7 Å². The summed E-state index contributed by atoms with van der Waals surface area (Å²) in [7, 11) is -4.01. The molecule has 2 aromatic carbocycles. The Kier molecular flexibility index (Phi) is 7.23. The Labute approximate surface area is 186 Å². The molecule has 1 heterocycles. The second kappa shape index (κ2) is 9.90. The molecule has 170 valence electrons. The number of hydrogen-bond donors (Lipinski definition) is 5. The van der Waals surface area contributed by atoms with E-state index in [0.717, 1.165) is 5.56 Å². The summed E-state index contributed by atoms with van der Waals surface area (Å²) in [5.74, 6) is -1.09. The lowest BCUT2D eigenvalue weighted by atomic mass is 10.0. The summed E-state index contributed by atoms with van der Waals surface area (Å²) in [5.41, 5.74) is 6.79. The minimum atomic E-state index is -4.01. The van der Waals surface area contributed by atoms with E-state index in [1.807, 2.05) is 0 Å². The van der Waals surface area contributed by atoms with Gasteiger partial charge in [0.05, 0.1) is 11.5 Å². The fraction of sp³-hybridized carbons (Fsp3) is 0.286. The maximum Gasteiger partial charge on any atom is 0.243 e. The highest BCUT2D eigenvalue weighted by atomic mass is 32.2. The minimum absolute atomic E-state index is 0.0278. The smallest absolute Gasteiger partial charge is 0.243 e. The normalized spacial score (nSPS) is 16.7. The summed E-state index contributed by atoms with van der Waals surface area (Å²) in [4.78, 5) is 26.6. The number of carbonyl (C=O) groups is 2. The predicted molar refractivity (Wildman–Crippen MR) is 117 cm³/mol. The molecule has 0 bridgehead atoms. The maximum atomic E-state index is 12.8. The number of sulfonamides is 1. The van der Waals surface area contributed by atoms with Crippen LogP contribution in [0, 0.1) is 5.41 Å². The van der Waals surface area contributed by atoms with Gasteiger partial charge in [0.1, 0.15) is 17.9 Å². The molecule has 0 radical (unpaired) electrons. The van der Waals surface area contributed by atoms with Crippen molar-refractivity contribution in [3.05, 3.63) is 65.7 Å². The van der Waals surface area contributed by atoms with Gasteiger partial charge < -0.3 is 21.1 Å². The fourth-order valence-corrected chi connectivity index (χ4v) is 4.46. The molecular weight excluding hydrogens is 434 g/mol. The third-order valence-electron chi connectivity index (χ3n) is 5.17. The molecule has 2 atom stereocenters. The van der Waals surface area contributed by atoms with Crippen molar-refractivity contribution < 1.29 is 23.1 Å². The van der Waals surface area contributed by atoms with Crippen molar-refractivity contribution >= 4 is 27.7 Å². The number of nitrogens with zero attached hydrogens (tertiary/aromatic N) is 1. The minimum Gasteiger partial charge on any atom is -0.394 e. The number of nitrogens with one attached hydrogen (secondary N) is 3. The highest BCUT2D eigenvalue weighted by Crippen LogP contribution is 2.20. The highest BCUT2D eigenvalue weighted by Gasteiger charge is 2.41. The number of amides is 2. The van der Waals surface area contributed by atoms with Crippen molar-refractivity contribution in [1.29, 1.82) is 5.41 Å². The van der Waals surface area contributed by atoms with Gasteiger partial charge >= 0.3 is 0 Å². The van der Waals surface area contributed by atoms with Crippen molar-refractivity contribution in [2.24, 2.45) is 5.73 Å². The van der Waals surface area contributed by atoms with Gasteiger partial charge in [-0.05, 0) is 24.1 Å². The monoisotopic (exact) mass is 459 g/mol. The molecular formula is C21H25N5O5S. The third-order valence-corrected chi connectivity index (χ3v) is 6.66. The second-order valence-corrected chi connectivity index (χ2v) is 9.05. The third kappa shape index (κ3) is 5.31. The lowest BCUT2D eigenvalue weighted by Crippen LogP contribution is -2.63. The van der Waals surface area contributed by atoms with Crippen LogP contribution in [0.15, 0.2) is 59.5 Å². The van der Waals surface area contributed by atoms with Crippen LogP contribution < -0.4 is 15.8 Å². The standard InChI is InChI=1S/C21H25N5O5S/c22-19(23)15-8-6-14(7-9-15)12-24-20(28)18-10-11-26(18)21(29)17(13-27)25-32(30,31)16-4-2-1-3-5-16/h1-9,17-18,25,27H,10-13H2,(H3,22,23)(H,24,28)/t17-,18+/m1/s1. The number of nitrogen functional groups attached to an aromatic ring is 1. The number of benzene rings is 2. The van der Waals surface area contributed by atoms with Crippen LogP contribution in [-0.4, -0.2) is 61.3 Å². The molecule has 3 rings (SSSR count). The molecule has 1 aliphatic rings. The van der Waals surface area contributed by atoms with Gasteiger partial charge in [-0.3, -0.25) is 15.0 Å². The quantitative estimate of drug-likeness (QED) is 0.251. The van der Waals surface area contributed by atoms with Gasteiger partial charge in [-0.25, -0.2) is 8.42 Å². The molecule has 10 nitrogen and oxygen atoms in total. The van der Waals surface area contributed by atoms with Crippen LogP contribution in [0.4, 0.5) is 0 Å². The summed E-state index contributed by atoms with van der Waals surface area (Å²) >= 11 is 0. The molecule has 32 heavy (non-hydrogen) atoms. The summed E-state index contributed by atoms with van der Waals surface area (Å²) in [6.45, 7) is -0.231. The number of carbonyl (C=O) groups excluding carboxylic acids is 2. The van der Waals surface area contributed by atoms with E-state index in [-0.39, 0.29) is 29.7 Å². The molecule has 0 aliphatic carbocycles. The lowest BCUT2D eigenvalue weighted by molar-refractivity contribution is -0.149. The largest absolute Gasteiger partial charge is 0.394 e. The van der Waals surface area contributed by atoms with Gasteiger partial charge in [0.15, 0.2) is 0 Å². The van der Waals surface area contributed by atoms with Crippen LogP contribution in [0.5, 0.6) is 0 Å². The Morgan fingerprint density at radius 2 is 1.81 bits per heavy atom. The van der Waals surface area contributed by atoms with E-state index in [1.165, 1.54) is 17.0 Å². The number of nitrogens with two attached hydrogens (primary N) is 1. The Hall–Kier alpha value is -3.28. The lowest BCUT2D eigenvalue weighted by Gasteiger charge is -2.41. The Balaban J connectivity index is 1.59. The van der Waals surface area contributed by atoms with E-state index >= 15 is 0 Å². The van der Waals surface area contributed by atoms with Gasteiger partial charge in [0.2, 0.25) is 21.8 Å². The molecule has 1 saturated heterocycles. The summed E-state index contributed by atoms with van der Waals surface area (Å²) in [6, 6.07) is 12.2. The van der Waals surface area contributed by atoms with Crippen molar-refractivity contribution in [2.45, 2.75) is 29.9 Å². The van der Waals surface area contributed by atoms with Crippen molar-refractivity contribution in [3.63, 3.8) is 0 Å². The van der Waals surface area contributed by atoms with E-state index < -0.39 is 34.6 Å². The molecule has 2 aromatic rings. The van der Waals surface area contributed by atoms with Crippen LogP contribution in [0.25, 0.3) is 0 Å². The fourth-order valence-electron chi connectivity index (χ4n) is 3.25. The molecule has 0 spiro atoms. The Morgan fingerprint density at radius 1 is 1.16 bits per heavy atom. The average molecular weight is 460 g/mol. The van der Waals surface area contributed by atoms with Crippen LogP contribution >= 0.6 is 0 Å². The van der Waals surface area contributed by atoms with Crippen LogP contribution in [0.3, 0.4) is 0 Å². The molecule has 2 amide bonds. The number of likely N-dealkylation sites (tertiary alicyclic amines) is 1. The van der Waals surface area contributed by atoms with E-state index in [1.54, 1.807) is 42.5 Å². The van der Waals surface area contributed by atoms with Crippen LogP contribution in [-0.2, 0) is 26.2 Å². The van der Waals surface area contributed by atoms with Gasteiger partial charge in [-0.1, -0.05) is 42.5 Å². The van der Waals surface area contributed by atoms with E-state index in [4.69, 9.17) is 11.1 Å². The molecule has 1 aliphatic heterocycles. The maximum absolute atomic E-state index is 12.8. The van der Waals surface area contributed by atoms with Crippen molar-refractivity contribution in [3.8, 4) is 0 Å². The molecule has 0 aromatic heterocycles. The van der Waals surface area contributed by atoms with Crippen molar-refractivity contribution in [2.75, 3.05) is 13.2 Å². The summed E-state index contributed by atoms with van der Waals surface area (Å²) in [6.07, 6.45) is 0.435. The molecule has 11 heteroatoms. The highest BCUT2D eigenvalue weighted by molar-refractivity contribution is 7.89. The second-order valence-electron chi connectivity index (χ2n) is 7.33. The van der Waals surface area contributed by atoms with E-state index in [9.17, 15) is 23.1 Å². The average Bonchev–Trinajstić information content (AvgIpc) is 2.76. The summed E-state index contributed by atoms with van der Waals surface area (Å²) in [5, 5.41) is 19.8. The molecule has 1 fully saturated rings. The van der Waals surface area contributed by atoms with Crippen LogP contribution in [0.1, 0.15) is 17.5 Å². The zero-order chi connectivity index (χ0) is 23.3. The zero-order valence-corrected chi connectivity index (χ0v) is 18.0. The number of amidine groups is 1. The topological polar surface area (TPSA) is 166 Å². The number of aliphatic hydroxyl groups excluding tert-OH is 1. The first-order valence-corrected chi connectivity index (χ1v) is 11.4. The van der Waals surface area contributed by atoms with Gasteiger partial charge in [0.25, 0.3) is 0 Å². The number of rotatable bonds is 9. The molecule has 6 N–H and O–H groups in total. The SMILES string of the molecule is N=C(N)c1ccc(CNC(=O)[C@@H]2CCN2C(=O)[C@@H](CO)NS(=O)(=O)c2ccccc2)cc1. The first kappa shape index (κ1) is 23.4. The van der Waals surface area contributed by atoms with Crippen LogP contribution in [0.2, 0.25) is 0 Å². The summed E-state index contributed by atoms with van der Waals surface area (Å²) < 4.78 is 27.2. The first-order chi connectivity index (χ1) is 15.2. The van der Waals surface area contributed by atoms with Gasteiger partial charge in [-0.15, -0.1) is 0 Å². The van der Waals surface area contributed by atoms with Crippen molar-refractivity contribution in [1.82, 2.24) is 14.9 Å². The van der Waals surface area contributed by atoms with Gasteiger partial charge in [-0.2, -0.15) is 4.72 Å². The molecule has 0 saturated carbocycles. The Morgan fingerprint density at radius 3 is 2.34 bits per heavy atom. The molecule has 0 unspecified atom stereocenters.